The molecule has 7 rings (SSSR count). The Kier molecular flexibility index (Phi) is 7.83. The molecule has 8 atom stereocenters. The molecule has 7 aliphatic rings. The molecule has 3 fully saturated rings. The molecule has 0 radical (unpaired) electrons. The minimum Gasteiger partial charge on any atom is -0.290 e. The minimum atomic E-state index is 0.538. The quantitative estimate of drug-likeness (QED) is 0.230. The zero-order chi connectivity index (χ0) is 27.3. The van der Waals surface area contributed by atoms with Gasteiger partial charge in [-0.25, -0.2) is 0 Å². The Morgan fingerprint density at radius 3 is 2.45 bits per heavy atom. The van der Waals surface area contributed by atoms with Crippen LogP contribution in [0.4, 0.5) is 0 Å². The lowest BCUT2D eigenvalue weighted by molar-refractivity contribution is 0.291. The molecular weight excluding hydrogens is 482 g/mol. The summed E-state index contributed by atoms with van der Waals surface area (Å²) in [6.07, 6.45) is 34.3. The number of allylic oxidation sites excluding steroid dienone is 9. The molecule has 0 aromatic heterocycles. The smallest absolute Gasteiger partial charge is 0.0564 e. The molecule has 40 heavy (non-hydrogen) atoms. The summed E-state index contributed by atoms with van der Waals surface area (Å²) in [5.41, 5.74) is 11.6. The fraction of sp³-hybridized carbons (Fsp3) is 0.744. The fourth-order valence-corrected chi connectivity index (χ4v) is 10.4. The van der Waals surface area contributed by atoms with Crippen molar-refractivity contribution in [2.24, 2.45) is 35.5 Å². The number of hydrogen-bond acceptors (Lipinski definition) is 1. The molecule has 1 nitrogen and oxygen atoms in total. The van der Waals surface area contributed by atoms with Crippen molar-refractivity contribution in [3.8, 4) is 0 Å². The van der Waals surface area contributed by atoms with E-state index in [-0.39, 0.29) is 0 Å². The van der Waals surface area contributed by atoms with E-state index in [2.05, 4.69) is 50.0 Å². The van der Waals surface area contributed by atoms with E-state index in [1.807, 2.05) is 22.3 Å². The highest BCUT2D eigenvalue weighted by atomic mass is 15.4. The summed E-state index contributed by atoms with van der Waals surface area (Å²) in [6.45, 7) is 10.3. The second-order valence-corrected chi connectivity index (χ2v) is 15.5. The molecule has 1 saturated carbocycles. The molecule has 0 N–H and O–H groups in total. The van der Waals surface area contributed by atoms with Crippen molar-refractivity contribution in [2.75, 3.05) is 13.1 Å². The van der Waals surface area contributed by atoms with Gasteiger partial charge in [0.15, 0.2) is 0 Å². The van der Waals surface area contributed by atoms with Crippen LogP contribution in [0.1, 0.15) is 130 Å². The molecule has 218 valence electrons. The van der Waals surface area contributed by atoms with E-state index in [1.54, 1.807) is 11.1 Å². The van der Waals surface area contributed by atoms with Gasteiger partial charge in [0.25, 0.3) is 0 Å². The summed E-state index contributed by atoms with van der Waals surface area (Å²) in [5, 5.41) is 0. The Morgan fingerprint density at radius 1 is 0.900 bits per heavy atom. The molecule has 8 unspecified atom stereocenters. The molecule has 0 aromatic carbocycles. The minimum absolute atomic E-state index is 0.538. The van der Waals surface area contributed by atoms with Crippen LogP contribution in [-0.2, 0) is 0 Å². The van der Waals surface area contributed by atoms with Gasteiger partial charge in [-0.05, 0) is 144 Å². The zero-order valence-electron chi connectivity index (χ0n) is 26.2. The van der Waals surface area contributed by atoms with Crippen LogP contribution in [0.2, 0.25) is 0 Å². The Morgan fingerprint density at radius 2 is 1.75 bits per heavy atom. The van der Waals surface area contributed by atoms with Crippen LogP contribution in [0, 0.1) is 35.5 Å². The van der Waals surface area contributed by atoms with Gasteiger partial charge < -0.3 is 0 Å². The summed E-state index contributed by atoms with van der Waals surface area (Å²) in [7, 11) is 0. The van der Waals surface area contributed by atoms with Gasteiger partial charge in [0, 0.05) is 13.1 Å². The highest BCUT2D eigenvalue weighted by Crippen LogP contribution is 2.55. The topological polar surface area (TPSA) is 3.01 Å². The third-order valence-electron chi connectivity index (χ3n) is 13.1. The van der Waals surface area contributed by atoms with Crippen molar-refractivity contribution < 1.29 is 0 Å². The Labute approximate surface area is 246 Å². The standard InChI is InChI=1S/C39H57N/c1-27-7-4-9-34(25-27)38(39-23-24-40(39)26-39)22-13-28(2)30-14-16-31(17-15-30)32-18-20-33(21-19-32)36-11-6-10-35-29(3)8-5-12-37(35)36/h14,16,18,20,27-29,32-33,36H,4-13,15,17,19,21-26H2,1-3H3/b38-34+. The van der Waals surface area contributed by atoms with E-state index < -0.39 is 0 Å². The summed E-state index contributed by atoms with van der Waals surface area (Å²) in [5.74, 6) is 4.89. The van der Waals surface area contributed by atoms with Gasteiger partial charge in [0.2, 0.25) is 0 Å². The molecule has 2 heterocycles. The average Bonchev–Trinajstić information content (AvgIpc) is 3.52. The average molecular weight is 540 g/mol. The Balaban J connectivity index is 0.972. The SMILES string of the molecule is CC1CCC/C(=C(/CCC(C)C2=CC=C(C3C=CC(C4CCCC5=C4CCCC5C)CC3)CC2)C23CCN2C3)C1. The van der Waals surface area contributed by atoms with Gasteiger partial charge in [-0.2, -0.15) is 0 Å². The van der Waals surface area contributed by atoms with Gasteiger partial charge in [0.05, 0.1) is 5.54 Å². The van der Waals surface area contributed by atoms with Crippen LogP contribution < -0.4 is 0 Å². The highest BCUT2D eigenvalue weighted by Gasteiger charge is 2.61. The van der Waals surface area contributed by atoms with Crippen molar-refractivity contribution in [1.29, 1.82) is 0 Å². The molecule has 0 bridgehead atoms. The summed E-state index contributed by atoms with van der Waals surface area (Å²) in [4.78, 5) is 2.76. The predicted molar refractivity (Wildman–Crippen MR) is 170 cm³/mol. The second-order valence-electron chi connectivity index (χ2n) is 15.5. The second kappa shape index (κ2) is 11.4. The van der Waals surface area contributed by atoms with E-state index in [0.717, 1.165) is 29.6 Å². The first-order chi connectivity index (χ1) is 19.5. The number of rotatable bonds is 7. The number of hydrogen-bond donors (Lipinski definition) is 0. The lowest BCUT2D eigenvalue weighted by Gasteiger charge is -2.40. The molecule has 1 heteroatoms. The van der Waals surface area contributed by atoms with Crippen molar-refractivity contribution in [2.45, 2.75) is 135 Å². The molecule has 0 spiro atoms. The molecule has 0 aromatic rings. The largest absolute Gasteiger partial charge is 0.290 e. The predicted octanol–water partition coefficient (Wildman–Crippen LogP) is 10.5. The Bertz CT molecular complexity index is 1120. The number of nitrogens with zero attached hydrogens (tertiary/aromatic N) is 1. The lowest BCUT2D eigenvalue weighted by Crippen LogP contribution is -2.35. The van der Waals surface area contributed by atoms with Gasteiger partial charge in [-0.3, -0.25) is 4.90 Å². The fourth-order valence-electron chi connectivity index (χ4n) is 10.4. The third kappa shape index (κ3) is 5.20. The van der Waals surface area contributed by atoms with E-state index in [1.165, 1.54) is 122 Å². The molecule has 0 amide bonds. The summed E-state index contributed by atoms with van der Waals surface area (Å²) >= 11 is 0. The zero-order valence-corrected chi connectivity index (χ0v) is 26.2. The van der Waals surface area contributed by atoms with E-state index >= 15 is 0 Å². The maximum atomic E-state index is 2.76. The third-order valence-corrected chi connectivity index (χ3v) is 13.1. The van der Waals surface area contributed by atoms with Crippen LogP contribution >= 0.6 is 0 Å². The molecular formula is C39H57N. The van der Waals surface area contributed by atoms with Crippen molar-refractivity contribution in [3.63, 3.8) is 0 Å². The van der Waals surface area contributed by atoms with Crippen LogP contribution in [0.25, 0.3) is 0 Å². The highest BCUT2D eigenvalue weighted by molar-refractivity contribution is 5.40. The molecule has 2 saturated heterocycles. The summed E-state index contributed by atoms with van der Waals surface area (Å²) < 4.78 is 0. The van der Waals surface area contributed by atoms with E-state index in [9.17, 15) is 0 Å². The molecule has 5 aliphatic carbocycles. The Hall–Kier alpha value is -1.34. The van der Waals surface area contributed by atoms with Crippen molar-refractivity contribution in [1.82, 2.24) is 4.90 Å². The van der Waals surface area contributed by atoms with Crippen molar-refractivity contribution in [3.05, 3.63) is 57.7 Å². The monoisotopic (exact) mass is 539 g/mol. The lowest BCUT2D eigenvalue weighted by atomic mass is 9.65. The first kappa shape index (κ1) is 27.5. The maximum Gasteiger partial charge on any atom is 0.0564 e. The van der Waals surface area contributed by atoms with Crippen molar-refractivity contribution >= 4 is 0 Å². The first-order valence-corrected chi connectivity index (χ1v) is 17.8. The van der Waals surface area contributed by atoms with Gasteiger partial charge >= 0.3 is 0 Å². The van der Waals surface area contributed by atoms with Crippen LogP contribution in [-0.4, -0.2) is 23.5 Å². The van der Waals surface area contributed by atoms with Gasteiger partial charge in [-0.1, -0.05) is 79.4 Å². The molecule has 2 aliphatic heterocycles. The van der Waals surface area contributed by atoms with Gasteiger partial charge in [-0.15, -0.1) is 0 Å². The van der Waals surface area contributed by atoms with Crippen LogP contribution in [0.5, 0.6) is 0 Å². The van der Waals surface area contributed by atoms with E-state index in [0.29, 0.717) is 11.5 Å². The van der Waals surface area contributed by atoms with Gasteiger partial charge in [0.1, 0.15) is 0 Å². The summed E-state index contributed by atoms with van der Waals surface area (Å²) in [6, 6.07) is 0. The first-order valence-electron chi connectivity index (χ1n) is 17.8. The van der Waals surface area contributed by atoms with Crippen LogP contribution in [0.15, 0.2) is 57.7 Å². The van der Waals surface area contributed by atoms with Crippen LogP contribution in [0.3, 0.4) is 0 Å². The number of fused-ring (bicyclic) bond motifs is 1. The maximum absolute atomic E-state index is 2.76. The normalized spacial score (nSPS) is 41.3. The van der Waals surface area contributed by atoms with E-state index in [4.69, 9.17) is 0 Å².